The van der Waals surface area contributed by atoms with Gasteiger partial charge in [0.05, 0.1) is 5.52 Å². The molecule has 2 atom stereocenters. The summed E-state index contributed by atoms with van der Waals surface area (Å²) >= 11 is 1.66. The van der Waals surface area contributed by atoms with Gasteiger partial charge in [0.25, 0.3) is 0 Å². The fourth-order valence-corrected chi connectivity index (χ4v) is 8.41. The first-order valence-corrected chi connectivity index (χ1v) is 20.2. The van der Waals surface area contributed by atoms with Crippen molar-refractivity contribution in [3.8, 4) is 11.1 Å². The molecule has 7 rings (SSSR count). The second-order valence-corrected chi connectivity index (χ2v) is 15.7. The molecule has 0 aliphatic rings. The van der Waals surface area contributed by atoms with Gasteiger partial charge in [-0.3, -0.25) is 4.98 Å². The Hall–Kier alpha value is -6.48. The van der Waals surface area contributed by atoms with Crippen LogP contribution in [0.1, 0.15) is 30.9 Å². The van der Waals surface area contributed by atoms with E-state index in [1.165, 1.54) is 32.7 Å². The summed E-state index contributed by atoms with van der Waals surface area (Å²) in [7, 11) is 0. The monoisotopic (exact) mass is 753 g/mol. The van der Waals surface area contributed by atoms with E-state index in [0.717, 1.165) is 53.4 Å². The summed E-state index contributed by atoms with van der Waals surface area (Å²) in [6.07, 6.45) is 18.8. The number of nitrogens with zero attached hydrogens (tertiary/aromatic N) is 1. The van der Waals surface area contributed by atoms with Gasteiger partial charge in [-0.15, -0.1) is 0 Å². The van der Waals surface area contributed by atoms with E-state index >= 15 is 0 Å². The van der Waals surface area contributed by atoms with Gasteiger partial charge >= 0.3 is 0 Å². The van der Waals surface area contributed by atoms with Gasteiger partial charge in [0.15, 0.2) is 0 Å². The third-order valence-corrected chi connectivity index (χ3v) is 11.3. The van der Waals surface area contributed by atoms with E-state index in [1.807, 2.05) is 36.5 Å². The predicted octanol–water partition coefficient (Wildman–Crippen LogP) is 13.8. The average Bonchev–Trinajstić information content (AvgIpc) is 3.24. The van der Waals surface area contributed by atoms with Crippen LogP contribution in [0.25, 0.3) is 55.7 Å². The van der Waals surface area contributed by atoms with Crippen LogP contribution < -0.4 is 10.4 Å². The zero-order chi connectivity index (χ0) is 39.7. The maximum Gasteiger partial charge on any atom is 0.0708 e. The van der Waals surface area contributed by atoms with Crippen LogP contribution in [0.5, 0.6) is 0 Å². The van der Waals surface area contributed by atoms with Crippen molar-refractivity contribution in [3.63, 3.8) is 0 Å². The highest BCUT2D eigenvalue weighted by molar-refractivity contribution is 8.06. The second-order valence-electron chi connectivity index (χ2n) is 14.3. The number of allylic oxidation sites excluding steroid dienone is 10. The normalized spacial score (nSPS) is 13.8. The van der Waals surface area contributed by atoms with Crippen LogP contribution in [-0.2, 0) is 0 Å². The minimum Gasteiger partial charge on any atom is -0.256 e. The molecule has 0 radical (unpaired) electrons. The van der Waals surface area contributed by atoms with Gasteiger partial charge in [-0.1, -0.05) is 209 Å². The molecule has 1 heterocycles. The summed E-state index contributed by atoms with van der Waals surface area (Å²) in [5.74, 6) is 0.119. The van der Waals surface area contributed by atoms with Crippen molar-refractivity contribution in [2.45, 2.75) is 19.8 Å². The Morgan fingerprint density at radius 1 is 0.702 bits per heavy atom. The summed E-state index contributed by atoms with van der Waals surface area (Å²) in [6.45, 7) is 21.5. The number of rotatable bonds is 13. The van der Waals surface area contributed by atoms with Crippen LogP contribution in [0.3, 0.4) is 0 Å². The minimum atomic E-state index is 0.0226. The highest BCUT2D eigenvalue weighted by Crippen LogP contribution is 2.45. The lowest BCUT2D eigenvalue weighted by Crippen LogP contribution is -2.25. The van der Waals surface area contributed by atoms with Crippen molar-refractivity contribution >= 4 is 56.4 Å². The summed E-state index contributed by atoms with van der Waals surface area (Å²) in [5.41, 5.74) is 7.82. The van der Waals surface area contributed by atoms with Crippen molar-refractivity contribution in [1.29, 1.82) is 0 Å². The SMILES string of the molecule is C=C/C=C\C(=C)S/C(C)=C/C=CC(c1c2ccccc2c(-c2ccc3cccnc3c2)c2ccccc12)C(C)/C=C\C(=C)/C(c1ccccc1)=c1/ccccc1=C. The Kier molecular flexibility index (Phi) is 12.2. The van der Waals surface area contributed by atoms with Crippen molar-refractivity contribution in [2.75, 3.05) is 0 Å². The van der Waals surface area contributed by atoms with Gasteiger partial charge in [0.1, 0.15) is 0 Å². The average molecular weight is 754 g/mol. The van der Waals surface area contributed by atoms with Crippen LogP contribution in [-0.4, -0.2) is 4.98 Å². The number of thioether (sulfide) groups is 1. The van der Waals surface area contributed by atoms with Gasteiger partial charge < -0.3 is 0 Å². The maximum absolute atomic E-state index is 4.72. The molecule has 2 unspecified atom stereocenters. The number of benzene rings is 6. The first-order chi connectivity index (χ1) is 27.8. The molecule has 1 aromatic heterocycles. The molecule has 0 saturated carbocycles. The molecule has 0 bridgehead atoms. The van der Waals surface area contributed by atoms with Crippen LogP contribution in [0.4, 0.5) is 0 Å². The third kappa shape index (κ3) is 8.68. The van der Waals surface area contributed by atoms with E-state index < -0.39 is 0 Å². The number of hydrogen-bond donors (Lipinski definition) is 0. The lowest BCUT2D eigenvalue weighted by Gasteiger charge is -2.25. The molecule has 278 valence electrons. The lowest BCUT2D eigenvalue weighted by atomic mass is 9.78. The third-order valence-electron chi connectivity index (χ3n) is 10.4. The molecule has 6 aromatic carbocycles. The summed E-state index contributed by atoms with van der Waals surface area (Å²) in [5, 5.41) is 8.11. The van der Waals surface area contributed by atoms with Crippen molar-refractivity contribution in [2.24, 2.45) is 5.92 Å². The van der Waals surface area contributed by atoms with Crippen LogP contribution >= 0.6 is 11.8 Å². The van der Waals surface area contributed by atoms with Crippen molar-refractivity contribution in [1.82, 2.24) is 4.98 Å². The molecule has 0 amide bonds. The van der Waals surface area contributed by atoms with Crippen molar-refractivity contribution < 1.29 is 0 Å². The molecule has 2 heteroatoms. The molecule has 0 saturated heterocycles. The first-order valence-electron chi connectivity index (χ1n) is 19.3. The molecule has 0 N–H and O–H groups in total. The molecular formula is C55H47NS. The number of fused-ring (bicyclic) bond motifs is 3. The Labute approximate surface area is 341 Å². The molecule has 0 spiro atoms. The zero-order valence-electron chi connectivity index (χ0n) is 32.7. The van der Waals surface area contributed by atoms with E-state index in [2.05, 4.69) is 186 Å². The Balaban J connectivity index is 1.39. The van der Waals surface area contributed by atoms with E-state index in [4.69, 9.17) is 4.98 Å². The van der Waals surface area contributed by atoms with Gasteiger partial charge in [-0.2, -0.15) is 0 Å². The molecule has 0 aliphatic carbocycles. The van der Waals surface area contributed by atoms with E-state index in [9.17, 15) is 0 Å². The quantitative estimate of drug-likeness (QED) is 0.0859. The second kappa shape index (κ2) is 18.0. The largest absolute Gasteiger partial charge is 0.256 e. The maximum atomic E-state index is 4.72. The van der Waals surface area contributed by atoms with Gasteiger partial charge in [-0.05, 0) is 101 Å². The van der Waals surface area contributed by atoms with E-state index in [1.54, 1.807) is 17.8 Å². The fourth-order valence-electron chi connectivity index (χ4n) is 7.70. The summed E-state index contributed by atoms with van der Waals surface area (Å²) < 4.78 is 0. The highest BCUT2D eigenvalue weighted by Gasteiger charge is 2.23. The minimum absolute atomic E-state index is 0.0226. The smallest absolute Gasteiger partial charge is 0.0708 e. The van der Waals surface area contributed by atoms with Gasteiger partial charge in [0, 0.05) is 22.4 Å². The topological polar surface area (TPSA) is 12.9 Å². The standard InChI is InChI=1S/C55H47NS/c1-7-8-21-41(5)57-42(6)22-18-31-47(39(3)32-33-40(4)53(44-23-10-9-11-24-44)46-26-13-12-20-38(46)2)55-50-29-16-14-27-48(50)54(49-28-15-17-30-51(49)55)45-35-34-43-25-19-36-56-52(43)37-45/h7-37,39,47H,1-2,4-5H2,3,6H3/b21-8-,31-18?,33-32-,42-22+,53-46+. The highest BCUT2D eigenvalue weighted by atomic mass is 32.2. The molecule has 57 heavy (non-hydrogen) atoms. The fraction of sp³-hybridized carbons (Fsp3) is 0.0727. The van der Waals surface area contributed by atoms with E-state index in [-0.39, 0.29) is 11.8 Å². The Morgan fingerprint density at radius 3 is 2.07 bits per heavy atom. The lowest BCUT2D eigenvalue weighted by molar-refractivity contribution is 0.649. The Bertz CT molecular complexity index is 2810. The Morgan fingerprint density at radius 2 is 1.37 bits per heavy atom. The van der Waals surface area contributed by atoms with Gasteiger partial charge in [-0.25, -0.2) is 0 Å². The van der Waals surface area contributed by atoms with Crippen LogP contribution in [0, 0.1) is 5.92 Å². The van der Waals surface area contributed by atoms with Crippen LogP contribution in [0.2, 0.25) is 0 Å². The molecule has 7 aromatic rings. The molecule has 1 nitrogen and oxygen atoms in total. The molecular weight excluding hydrogens is 707 g/mol. The summed E-state index contributed by atoms with van der Waals surface area (Å²) in [6, 6.07) is 47.3. The van der Waals surface area contributed by atoms with Gasteiger partial charge in [0.2, 0.25) is 0 Å². The zero-order valence-corrected chi connectivity index (χ0v) is 33.6. The first kappa shape index (κ1) is 38.8. The van der Waals surface area contributed by atoms with Crippen LogP contribution in [0.15, 0.2) is 223 Å². The molecule has 0 fully saturated rings. The van der Waals surface area contributed by atoms with E-state index in [0.29, 0.717) is 0 Å². The predicted molar refractivity (Wildman–Crippen MR) is 252 cm³/mol. The number of aromatic nitrogens is 1. The summed E-state index contributed by atoms with van der Waals surface area (Å²) in [4.78, 5) is 6.84. The number of hydrogen-bond acceptors (Lipinski definition) is 2. The number of pyridine rings is 1. The van der Waals surface area contributed by atoms with Crippen molar-refractivity contribution in [3.05, 3.63) is 245 Å². The molecule has 0 aliphatic heterocycles.